The van der Waals surface area contributed by atoms with E-state index in [1.165, 1.54) is 36.2 Å². The summed E-state index contributed by atoms with van der Waals surface area (Å²) in [6, 6.07) is 9.38. The minimum absolute atomic E-state index is 0.195. The molecular formula is C17H20FN3. The summed E-state index contributed by atoms with van der Waals surface area (Å²) in [5.74, 6) is -0.195. The van der Waals surface area contributed by atoms with Crippen molar-refractivity contribution in [3.8, 4) is 0 Å². The average Bonchev–Trinajstić information content (AvgIpc) is 3.32. The molecular weight excluding hydrogens is 265 g/mol. The molecule has 2 aromatic rings. The first-order valence-electron chi connectivity index (χ1n) is 7.34. The summed E-state index contributed by atoms with van der Waals surface area (Å²) in [5, 5.41) is 3.52. The summed E-state index contributed by atoms with van der Waals surface area (Å²) in [7, 11) is 2.05. The number of nitrogens with zero attached hydrogens (tertiary/aromatic N) is 2. The van der Waals surface area contributed by atoms with Gasteiger partial charge in [0.25, 0.3) is 0 Å². The van der Waals surface area contributed by atoms with Crippen LogP contribution in [0, 0.1) is 5.82 Å². The summed E-state index contributed by atoms with van der Waals surface area (Å²) >= 11 is 0. The number of aromatic nitrogens is 1. The van der Waals surface area contributed by atoms with Gasteiger partial charge in [-0.15, -0.1) is 0 Å². The van der Waals surface area contributed by atoms with E-state index in [9.17, 15) is 4.39 Å². The molecule has 0 bridgehead atoms. The fraction of sp³-hybridized carbons (Fsp3) is 0.353. The number of nitrogens with one attached hydrogen (secondary N) is 1. The van der Waals surface area contributed by atoms with Crippen LogP contribution in [0.15, 0.2) is 42.7 Å². The second-order valence-corrected chi connectivity index (χ2v) is 5.64. The summed E-state index contributed by atoms with van der Waals surface area (Å²) < 4.78 is 13.0. The molecule has 1 N–H and O–H groups in total. The van der Waals surface area contributed by atoms with Crippen LogP contribution >= 0.6 is 0 Å². The molecule has 0 radical (unpaired) electrons. The van der Waals surface area contributed by atoms with E-state index < -0.39 is 0 Å². The molecule has 110 valence electrons. The summed E-state index contributed by atoms with van der Waals surface area (Å²) in [4.78, 5) is 6.41. The highest BCUT2D eigenvalue weighted by molar-refractivity contribution is 5.52. The second-order valence-electron chi connectivity index (χ2n) is 5.64. The zero-order chi connectivity index (χ0) is 14.7. The predicted molar refractivity (Wildman–Crippen MR) is 82.6 cm³/mol. The molecule has 0 atom stereocenters. The lowest BCUT2D eigenvalue weighted by atomic mass is 10.1. The van der Waals surface area contributed by atoms with Crippen LogP contribution in [-0.2, 0) is 13.1 Å². The Morgan fingerprint density at radius 1 is 1.24 bits per heavy atom. The van der Waals surface area contributed by atoms with Crippen LogP contribution < -0.4 is 10.2 Å². The van der Waals surface area contributed by atoms with Crippen molar-refractivity contribution in [3.05, 3.63) is 59.7 Å². The van der Waals surface area contributed by atoms with Gasteiger partial charge >= 0.3 is 0 Å². The van der Waals surface area contributed by atoms with Gasteiger partial charge in [-0.1, -0.05) is 12.1 Å². The first-order chi connectivity index (χ1) is 10.2. The van der Waals surface area contributed by atoms with Crippen LogP contribution in [0.5, 0.6) is 0 Å². The van der Waals surface area contributed by atoms with Gasteiger partial charge in [0.15, 0.2) is 0 Å². The third kappa shape index (κ3) is 3.79. The average molecular weight is 285 g/mol. The van der Waals surface area contributed by atoms with Crippen LogP contribution in [0.1, 0.15) is 24.0 Å². The Morgan fingerprint density at radius 2 is 2.00 bits per heavy atom. The van der Waals surface area contributed by atoms with E-state index in [2.05, 4.69) is 22.2 Å². The molecule has 3 nitrogen and oxygen atoms in total. The van der Waals surface area contributed by atoms with Gasteiger partial charge in [0.2, 0.25) is 0 Å². The predicted octanol–water partition coefficient (Wildman–Crippen LogP) is 3.11. The number of anilines is 1. The van der Waals surface area contributed by atoms with Crippen LogP contribution in [0.4, 0.5) is 10.1 Å². The second kappa shape index (κ2) is 6.22. The number of rotatable bonds is 6. The number of hydrogen-bond donors (Lipinski definition) is 1. The molecule has 3 rings (SSSR count). The third-order valence-corrected chi connectivity index (χ3v) is 3.78. The lowest BCUT2D eigenvalue weighted by Gasteiger charge is -2.22. The summed E-state index contributed by atoms with van der Waals surface area (Å²) in [6.45, 7) is 1.60. The number of benzene rings is 1. The Morgan fingerprint density at radius 3 is 2.71 bits per heavy atom. The molecule has 0 aliphatic heterocycles. The fourth-order valence-corrected chi connectivity index (χ4v) is 2.42. The summed E-state index contributed by atoms with van der Waals surface area (Å²) in [5.41, 5.74) is 3.47. The van der Waals surface area contributed by atoms with E-state index in [4.69, 9.17) is 0 Å². The third-order valence-electron chi connectivity index (χ3n) is 3.78. The van der Waals surface area contributed by atoms with Gasteiger partial charge in [0.1, 0.15) is 5.82 Å². The molecule has 1 saturated carbocycles. The smallest absolute Gasteiger partial charge is 0.123 e. The van der Waals surface area contributed by atoms with Crippen molar-refractivity contribution in [2.24, 2.45) is 0 Å². The zero-order valence-electron chi connectivity index (χ0n) is 12.2. The highest BCUT2D eigenvalue weighted by Crippen LogP contribution is 2.23. The molecule has 1 fully saturated rings. The Hall–Kier alpha value is -1.94. The molecule has 1 heterocycles. The molecule has 1 aromatic heterocycles. The topological polar surface area (TPSA) is 28.2 Å². The minimum atomic E-state index is -0.195. The van der Waals surface area contributed by atoms with Gasteiger partial charge in [-0.2, -0.15) is 0 Å². The normalized spacial score (nSPS) is 14.2. The molecule has 1 aliphatic carbocycles. The molecule has 0 saturated heterocycles. The van der Waals surface area contributed by atoms with E-state index in [0.29, 0.717) is 6.04 Å². The van der Waals surface area contributed by atoms with Gasteiger partial charge in [-0.3, -0.25) is 4.98 Å². The van der Waals surface area contributed by atoms with Crippen molar-refractivity contribution in [1.29, 1.82) is 0 Å². The number of halogens is 1. The summed E-state index contributed by atoms with van der Waals surface area (Å²) in [6.07, 6.45) is 6.30. The Kier molecular flexibility index (Phi) is 4.15. The lowest BCUT2D eigenvalue weighted by Crippen LogP contribution is -2.21. The van der Waals surface area contributed by atoms with Crippen LogP contribution in [0.2, 0.25) is 0 Å². The van der Waals surface area contributed by atoms with Gasteiger partial charge in [-0.25, -0.2) is 4.39 Å². The van der Waals surface area contributed by atoms with Gasteiger partial charge in [0, 0.05) is 49.8 Å². The zero-order valence-corrected chi connectivity index (χ0v) is 12.2. The van der Waals surface area contributed by atoms with Gasteiger partial charge in [0.05, 0.1) is 0 Å². The largest absolute Gasteiger partial charge is 0.370 e. The quantitative estimate of drug-likeness (QED) is 0.884. The molecule has 0 spiro atoms. The van der Waals surface area contributed by atoms with Gasteiger partial charge < -0.3 is 10.2 Å². The van der Waals surface area contributed by atoms with Crippen LogP contribution in [0.25, 0.3) is 0 Å². The molecule has 1 aliphatic rings. The molecule has 21 heavy (non-hydrogen) atoms. The van der Waals surface area contributed by atoms with E-state index in [0.717, 1.165) is 18.7 Å². The van der Waals surface area contributed by atoms with Crippen LogP contribution in [0.3, 0.4) is 0 Å². The Bertz CT molecular complexity index is 593. The highest BCUT2D eigenvalue weighted by atomic mass is 19.1. The molecule has 0 amide bonds. The lowest BCUT2D eigenvalue weighted by molar-refractivity contribution is 0.627. The number of pyridine rings is 1. The maximum Gasteiger partial charge on any atom is 0.123 e. The molecule has 4 heteroatoms. The van der Waals surface area contributed by atoms with E-state index in [1.807, 2.05) is 30.6 Å². The van der Waals surface area contributed by atoms with Crippen molar-refractivity contribution in [3.63, 3.8) is 0 Å². The van der Waals surface area contributed by atoms with Crippen LogP contribution in [-0.4, -0.2) is 18.1 Å². The van der Waals surface area contributed by atoms with Crippen molar-refractivity contribution in [1.82, 2.24) is 10.3 Å². The molecule has 0 unspecified atom stereocenters. The maximum atomic E-state index is 13.0. The SMILES string of the molecule is CN(Cc1ccc(F)cc1)c1ccncc1CNC1CC1. The maximum absolute atomic E-state index is 13.0. The molecule has 1 aromatic carbocycles. The number of hydrogen-bond acceptors (Lipinski definition) is 3. The first-order valence-corrected chi connectivity index (χ1v) is 7.34. The standard InChI is InChI=1S/C17H20FN3/c1-21(12-13-2-4-15(18)5-3-13)17-8-9-19-10-14(17)11-20-16-6-7-16/h2-5,8-10,16,20H,6-7,11-12H2,1H3. The minimum Gasteiger partial charge on any atom is -0.370 e. The van der Waals surface area contributed by atoms with Gasteiger partial charge in [-0.05, 0) is 36.6 Å². The van der Waals surface area contributed by atoms with Crippen molar-refractivity contribution >= 4 is 5.69 Å². The Balaban J connectivity index is 1.70. The van der Waals surface area contributed by atoms with E-state index >= 15 is 0 Å². The van der Waals surface area contributed by atoms with Crippen molar-refractivity contribution in [2.45, 2.75) is 32.0 Å². The van der Waals surface area contributed by atoms with Crippen molar-refractivity contribution < 1.29 is 4.39 Å². The fourth-order valence-electron chi connectivity index (χ4n) is 2.42. The Labute approximate surface area is 124 Å². The van der Waals surface area contributed by atoms with E-state index in [-0.39, 0.29) is 5.82 Å². The first kappa shape index (κ1) is 14.0. The van der Waals surface area contributed by atoms with Crippen molar-refractivity contribution in [2.75, 3.05) is 11.9 Å². The highest BCUT2D eigenvalue weighted by Gasteiger charge is 2.20. The monoisotopic (exact) mass is 285 g/mol. The van der Waals surface area contributed by atoms with E-state index in [1.54, 1.807) is 0 Å².